The Labute approximate surface area is 222 Å². The summed E-state index contributed by atoms with van der Waals surface area (Å²) < 4.78 is 19.2. The molecule has 1 aromatic heterocycles. The zero-order valence-electron chi connectivity index (χ0n) is 21.7. The van der Waals surface area contributed by atoms with Gasteiger partial charge < -0.3 is 19.1 Å². The molecule has 8 nitrogen and oxygen atoms in total. The Morgan fingerprint density at radius 3 is 2.21 bits per heavy atom. The van der Waals surface area contributed by atoms with Gasteiger partial charge in [0.15, 0.2) is 5.79 Å². The third kappa shape index (κ3) is 4.74. The van der Waals surface area contributed by atoms with Crippen LogP contribution < -0.4 is 5.56 Å². The molecule has 3 aliphatic rings. The van der Waals surface area contributed by atoms with E-state index in [9.17, 15) is 9.59 Å². The molecule has 2 fully saturated rings. The topological polar surface area (TPSA) is 82.9 Å². The number of nitrogens with zero attached hydrogens (tertiary/aromatic N) is 3. The van der Waals surface area contributed by atoms with Gasteiger partial charge in [-0.25, -0.2) is 9.78 Å². The summed E-state index contributed by atoms with van der Waals surface area (Å²) in [6.07, 6.45) is 2.86. The Kier molecular flexibility index (Phi) is 6.76. The first-order valence-electron chi connectivity index (χ1n) is 13.5. The van der Waals surface area contributed by atoms with Crippen molar-refractivity contribution in [2.45, 2.75) is 63.5 Å². The van der Waals surface area contributed by atoms with Crippen molar-refractivity contribution in [2.24, 2.45) is 0 Å². The standard InChI is InChI=1S/C30H33N3O5/c1-21-31-26-20-32(29(35)38-24-12-15-30(16-13-24)36-18-19-37-30)17-14-25(26)28(34)33(21)27(22-8-4-2-5-9-22)23-10-6-3-7-11-23/h2-11,24,27H,12-20H2,1H3. The van der Waals surface area contributed by atoms with E-state index in [0.29, 0.717) is 43.3 Å². The van der Waals surface area contributed by atoms with Gasteiger partial charge in [-0.15, -0.1) is 0 Å². The van der Waals surface area contributed by atoms with Gasteiger partial charge in [0.2, 0.25) is 0 Å². The second-order valence-corrected chi connectivity index (χ2v) is 10.3. The summed E-state index contributed by atoms with van der Waals surface area (Å²) in [5.41, 5.74) is 3.32. The Hall–Kier alpha value is -3.49. The average Bonchev–Trinajstić information content (AvgIpc) is 3.41. The number of fused-ring (bicyclic) bond motifs is 1. The Morgan fingerprint density at radius 1 is 1.00 bits per heavy atom. The van der Waals surface area contributed by atoms with Crippen molar-refractivity contribution >= 4 is 6.09 Å². The lowest BCUT2D eigenvalue weighted by Crippen LogP contribution is -2.44. The molecule has 198 valence electrons. The zero-order chi connectivity index (χ0) is 26.1. The van der Waals surface area contributed by atoms with Crippen LogP contribution in [0, 0.1) is 6.92 Å². The molecule has 8 heteroatoms. The molecule has 38 heavy (non-hydrogen) atoms. The maximum absolute atomic E-state index is 13.9. The van der Waals surface area contributed by atoms with Crippen LogP contribution in [0.4, 0.5) is 4.79 Å². The minimum Gasteiger partial charge on any atom is -0.446 e. The number of aryl methyl sites for hydroxylation is 1. The second kappa shape index (κ2) is 10.3. The smallest absolute Gasteiger partial charge is 0.410 e. The monoisotopic (exact) mass is 515 g/mol. The molecular weight excluding hydrogens is 482 g/mol. The molecule has 0 bridgehead atoms. The Morgan fingerprint density at radius 2 is 1.61 bits per heavy atom. The van der Waals surface area contributed by atoms with Crippen LogP contribution in [-0.4, -0.2) is 52.2 Å². The molecule has 1 aliphatic carbocycles. The highest BCUT2D eigenvalue weighted by molar-refractivity contribution is 5.68. The molecule has 0 unspecified atom stereocenters. The van der Waals surface area contributed by atoms with Crippen LogP contribution >= 0.6 is 0 Å². The third-order valence-corrected chi connectivity index (χ3v) is 7.97. The van der Waals surface area contributed by atoms with Crippen LogP contribution in [0.3, 0.4) is 0 Å². The summed E-state index contributed by atoms with van der Waals surface area (Å²) >= 11 is 0. The average molecular weight is 516 g/mol. The molecule has 6 rings (SSSR count). The fraction of sp³-hybridized carbons (Fsp3) is 0.433. The van der Waals surface area contributed by atoms with E-state index in [1.165, 1.54) is 0 Å². The summed E-state index contributed by atoms with van der Waals surface area (Å²) in [5, 5.41) is 0. The molecule has 1 amide bonds. The van der Waals surface area contributed by atoms with E-state index in [2.05, 4.69) is 0 Å². The summed E-state index contributed by atoms with van der Waals surface area (Å²) in [5.74, 6) is 0.141. The summed E-state index contributed by atoms with van der Waals surface area (Å²) in [6.45, 7) is 3.82. The number of amides is 1. The van der Waals surface area contributed by atoms with Crippen LogP contribution in [0.2, 0.25) is 0 Å². The number of hydrogen-bond acceptors (Lipinski definition) is 6. The zero-order valence-corrected chi connectivity index (χ0v) is 21.7. The lowest BCUT2D eigenvalue weighted by Gasteiger charge is -2.36. The van der Waals surface area contributed by atoms with Crippen molar-refractivity contribution in [3.05, 3.63) is 99.2 Å². The number of aromatic nitrogens is 2. The van der Waals surface area contributed by atoms with Gasteiger partial charge in [0, 0.05) is 24.9 Å². The Bertz CT molecular complexity index is 1300. The normalized spacial score (nSPS) is 19.1. The molecule has 0 N–H and O–H groups in total. The molecule has 3 heterocycles. The molecular formula is C30H33N3O5. The molecule has 0 radical (unpaired) electrons. The lowest BCUT2D eigenvalue weighted by atomic mass is 9.92. The highest BCUT2D eigenvalue weighted by Crippen LogP contribution is 2.37. The largest absolute Gasteiger partial charge is 0.446 e. The molecule has 2 aliphatic heterocycles. The maximum Gasteiger partial charge on any atom is 0.410 e. The minimum atomic E-state index is -0.480. The number of rotatable bonds is 4. The van der Waals surface area contributed by atoms with Gasteiger partial charge in [-0.1, -0.05) is 60.7 Å². The molecule has 1 saturated heterocycles. The third-order valence-electron chi connectivity index (χ3n) is 7.97. The van der Waals surface area contributed by atoms with Crippen LogP contribution in [0.1, 0.15) is 59.9 Å². The van der Waals surface area contributed by atoms with E-state index < -0.39 is 5.79 Å². The quantitative estimate of drug-likeness (QED) is 0.513. The number of ether oxygens (including phenoxy) is 3. The maximum atomic E-state index is 13.9. The van der Waals surface area contributed by atoms with Crippen molar-refractivity contribution < 1.29 is 19.0 Å². The predicted molar refractivity (Wildman–Crippen MR) is 141 cm³/mol. The fourth-order valence-corrected chi connectivity index (χ4v) is 5.99. The van der Waals surface area contributed by atoms with Crippen molar-refractivity contribution in [3.8, 4) is 0 Å². The summed E-state index contributed by atoms with van der Waals surface area (Å²) in [7, 11) is 0. The molecule has 2 aromatic carbocycles. The van der Waals surface area contributed by atoms with E-state index in [1.807, 2.05) is 67.6 Å². The Balaban J connectivity index is 1.22. The van der Waals surface area contributed by atoms with Crippen molar-refractivity contribution in [3.63, 3.8) is 0 Å². The predicted octanol–water partition coefficient (Wildman–Crippen LogP) is 4.37. The number of carbonyl (C=O) groups is 1. The SMILES string of the molecule is Cc1nc2c(c(=O)n1C(c1ccccc1)c1ccccc1)CCN(C(=O)OC1CCC3(CC1)OCCO3)C2. The summed E-state index contributed by atoms with van der Waals surface area (Å²) in [4.78, 5) is 33.5. The van der Waals surface area contributed by atoms with Crippen LogP contribution in [0.25, 0.3) is 0 Å². The number of hydrogen-bond donors (Lipinski definition) is 0. The molecule has 1 saturated carbocycles. The van der Waals surface area contributed by atoms with Crippen LogP contribution in [-0.2, 0) is 27.2 Å². The highest BCUT2D eigenvalue weighted by Gasteiger charge is 2.41. The first kappa shape index (κ1) is 24.8. The van der Waals surface area contributed by atoms with Gasteiger partial charge in [-0.3, -0.25) is 9.36 Å². The van der Waals surface area contributed by atoms with Gasteiger partial charge in [0.05, 0.1) is 31.5 Å². The van der Waals surface area contributed by atoms with E-state index in [4.69, 9.17) is 19.2 Å². The van der Waals surface area contributed by atoms with E-state index in [0.717, 1.165) is 36.8 Å². The van der Waals surface area contributed by atoms with E-state index in [1.54, 1.807) is 9.47 Å². The van der Waals surface area contributed by atoms with Gasteiger partial charge in [-0.2, -0.15) is 0 Å². The van der Waals surface area contributed by atoms with Crippen molar-refractivity contribution in [2.75, 3.05) is 19.8 Å². The number of carbonyl (C=O) groups excluding carboxylic acids is 1. The highest BCUT2D eigenvalue weighted by atomic mass is 16.7. The fourth-order valence-electron chi connectivity index (χ4n) is 5.99. The van der Waals surface area contributed by atoms with Gasteiger partial charge in [0.25, 0.3) is 5.56 Å². The van der Waals surface area contributed by atoms with E-state index in [-0.39, 0.29) is 30.3 Å². The second-order valence-electron chi connectivity index (χ2n) is 10.3. The van der Waals surface area contributed by atoms with E-state index >= 15 is 0 Å². The number of benzene rings is 2. The van der Waals surface area contributed by atoms with Crippen molar-refractivity contribution in [1.82, 2.24) is 14.5 Å². The van der Waals surface area contributed by atoms with Gasteiger partial charge in [-0.05, 0) is 37.3 Å². The molecule has 3 aromatic rings. The van der Waals surface area contributed by atoms with Gasteiger partial charge >= 0.3 is 6.09 Å². The lowest BCUT2D eigenvalue weighted by molar-refractivity contribution is -0.188. The van der Waals surface area contributed by atoms with Gasteiger partial charge in [0.1, 0.15) is 11.9 Å². The van der Waals surface area contributed by atoms with Crippen molar-refractivity contribution in [1.29, 1.82) is 0 Å². The first-order chi connectivity index (χ1) is 18.5. The molecule has 1 spiro atoms. The minimum absolute atomic E-state index is 0.0487. The van der Waals surface area contributed by atoms with Crippen LogP contribution in [0.5, 0.6) is 0 Å². The van der Waals surface area contributed by atoms with Crippen LogP contribution in [0.15, 0.2) is 65.5 Å². The summed E-state index contributed by atoms with van der Waals surface area (Å²) in [6, 6.07) is 19.8. The first-order valence-corrected chi connectivity index (χ1v) is 13.5. The molecule has 0 atom stereocenters.